The van der Waals surface area contributed by atoms with Crippen molar-refractivity contribution in [1.29, 1.82) is 0 Å². The average Bonchev–Trinajstić information content (AvgIpc) is 3.17. The summed E-state index contributed by atoms with van der Waals surface area (Å²) < 4.78 is 21.7. The highest BCUT2D eigenvalue weighted by Gasteiger charge is 2.19. The van der Waals surface area contributed by atoms with Gasteiger partial charge in [0, 0.05) is 11.1 Å². The second-order valence-corrected chi connectivity index (χ2v) is 5.39. The molecule has 1 aliphatic heterocycles. The van der Waals surface area contributed by atoms with Crippen LogP contribution in [0.4, 0.5) is 0 Å². The number of oxazole rings is 1. The third kappa shape index (κ3) is 2.59. The maximum Gasteiger partial charge on any atom is 0.231 e. The van der Waals surface area contributed by atoms with E-state index < -0.39 is 0 Å². The van der Waals surface area contributed by atoms with Crippen molar-refractivity contribution in [2.45, 2.75) is 0 Å². The van der Waals surface area contributed by atoms with E-state index in [2.05, 4.69) is 4.98 Å². The Kier molecular flexibility index (Phi) is 3.35. The van der Waals surface area contributed by atoms with E-state index in [9.17, 15) is 0 Å². The molecule has 0 amide bonds. The molecule has 0 aliphatic carbocycles. The second kappa shape index (κ2) is 5.52. The molecule has 5 nitrogen and oxygen atoms in total. The molecule has 2 heterocycles. The zero-order valence-electron chi connectivity index (χ0n) is 12.2. The number of aromatic nitrogens is 1. The third-order valence-electron chi connectivity index (χ3n) is 3.47. The summed E-state index contributed by atoms with van der Waals surface area (Å²) in [5, 5.41) is 0.627. The normalized spacial score (nSPS) is 13.1. The van der Waals surface area contributed by atoms with E-state index in [1.807, 2.05) is 18.2 Å². The van der Waals surface area contributed by atoms with Crippen LogP contribution in [-0.4, -0.2) is 18.9 Å². The van der Waals surface area contributed by atoms with Gasteiger partial charge in [-0.15, -0.1) is 0 Å². The van der Waals surface area contributed by atoms with Gasteiger partial charge >= 0.3 is 0 Å². The molecule has 1 aliphatic rings. The maximum atomic E-state index is 5.95. The molecule has 0 bridgehead atoms. The molecular weight excluding hydrogens is 318 g/mol. The fraction of sp³-hybridized carbons (Fsp3) is 0.118. The fourth-order valence-corrected chi connectivity index (χ4v) is 2.57. The number of benzene rings is 2. The van der Waals surface area contributed by atoms with Crippen molar-refractivity contribution in [3.63, 3.8) is 0 Å². The first-order valence-electron chi connectivity index (χ1n) is 6.95. The second-order valence-electron chi connectivity index (χ2n) is 4.95. The van der Waals surface area contributed by atoms with Gasteiger partial charge in [0.25, 0.3) is 0 Å². The molecule has 0 saturated carbocycles. The van der Waals surface area contributed by atoms with E-state index in [0.29, 0.717) is 33.7 Å². The summed E-state index contributed by atoms with van der Waals surface area (Å²) >= 11 is 5.95. The standard InChI is InChI=1S/C17H12ClNO4/c1-20-14-6-10(7-15-17(14)22-9-21-15)2-5-16-19-12-8-11(18)3-4-13(12)23-16/h2-8H,9H2,1H3/b5-2+. The first-order chi connectivity index (χ1) is 11.2. The molecule has 116 valence electrons. The summed E-state index contributed by atoms with van der Waals surface area (Å²) in [4.78, 5) is 4.38. The fourth-order valence-electron chi connectivity index (χ4n) is 2.40. The summed E-state index contributed by atoms with van der Waals surface area (Å²) in [6.45, 7) is 0.199. The first kappa shape index (κ1) is 14.0. The van der Waals surface area contributed by atoms with Crippen LogP contribution < -0.4 is 14.2 Å². The average molecular weight is 330 g/mol. The molecule has 0 atom stereocenters. The van der Waals surface area contributed by atoms with E-state index in [0.717, 1.165) is 11.1 Å². The van der Waals surface area contributed by atoms with Gasteiger partial charge in [-0.3, -0.25) is 0 Å². The Morgan fingerprint density at radius 2 is 2.09 bits per heavy atom. The lowest BCUT2D eigenvalue weighted by Gasteiger charge is -2.05. The molecular formula is C17H12ClNO4. The summed E-state index contributed by atoms with van der Waals surface area (Å²) in [5.41, 5.74) is 2.31. The van der Waals surface area contributed by atoms with E-state index in [-0.39, 0.29) is 6.79 Å². The van der Waals surface area contributed by atoms with Crippen LogP contribution in [0.5, 0.6) is 17.2 Å². The van der Waals surface area contributed by atoms with E-state index in [1.165, 1.54) is 0 Å². The van der Waals surface area contributed by atoms with E-state index in [4.69, 9.17) is 30.2 Å². The minimum Gasteiger partial charge on any atom is -0.493 e. The molecule has 1 aromatic heterocycles. The SMILES string of the molecule is COc1cc(/C=C/c2nc3cc(Cl)ccc3o2)cc2c1OCO2. The van der Waals surface area contributed by atoms with Gasteiger partial charge in [-0.2, -0.15) is 0 Å². The lowest BCUT2D eigenvalue weighted by Crippen LogP contribution is -1.93. The lowest BCUT2D eigenvalue weighted by atomic mass is 10.1. The van der Waals surface area contributed by atoms with Crippen LogP contribution in [0.15, 0.2) is 34.7 Å². The number of halogens is 1. The topological polar surface area (TPSA) is 53.7 Å². The third-order valence-corrected chi connectivity index (χ3v) is 3.70. The van der Waals surface area contributed by atoms with Gasteiger partial charge in [0.1, 0.15) is 5.52 Å². The zero-order valence-corrected chi connectivity index (χ0v) is 13.0. The summed E-state index contributed by atoms with van der Waals surface area (Å²) in [6, 6.07) is 9.07. The summed E-state index contributed by atoms with van der Waals surface area (Å²) in [7, 11) is 1.59. The van der Waals surface area contributed by atoms with Crippen LogP contribution in [0.2, 0.25) is 5.02 Å². The van der Waals surface area contributed by atoms with Crippen LogP contribution in [0, 0.1) is 0 Å². The van der Waals surface area contributed by atoms with Crippen molar-refractivity contribution in [3.8, 4) is 17.2 Å². The van der Waals surface area contributed by atoms with Crippen molar-refractivity contribution in [2.24, 2.45) is 0 Å². The lowest BCUT2D eigenvalue weighted by molar-refractivity contribution is 0.171. The number of nitrogens with zero attached hydrogens (tertiary/aromatic N) is 1. The Morgan fingerprint density at radius 3 is 2.96 bits per heavy atom. The molecule has 23 heavy (non-hydrogen) atoms. The quantitative estimate of drug-likeness (QED) is 0.713. The van der Waals surface area contributed by atoms with Gasteiger partial charge in [-0.05, 0) is 42.0 Å². The monoisotopic (exact) mass is 329 g/mol. The number of methoxy groups -OCH3 is 1. The Balaban J connectivity index is 1.67. The van der Waals surface area contributed by atoms with Gasteiger partial charge < -0.3 is 18.6 Å². The number of rotatable bonds is 3. The predicted molar refractivity (Wildman–Crippen MR) is 87.1 cm³/mol. The Hall–Kier alpha value is -2.66. The van der Waals surface area contributed by atoms with Gasteiger partial charge in [0.2, 0.25) is 18.4 Å². The number of hydrogen-bond acceptors (Lipinski definition) is 5. The molecule has 0 radical (unpaired) electrons. The van der Waals surface area contributed by atoms with Gasteiger partial charge in [0.15, 0.2) is 17.1 Å². The van der Waals surface area contributed by atoms with E-state index >= 15 is 0 Å². The van der Waals surface area contributed by atoms with Crippen LogP contribution in [0.1, 0.15) is 11.5 Å². The Labute approximate surface area is 137 Å². The zero-order chi connectivity index (χ0) is 15.8. The molecule has 0 fully saturated rings. The molecule has 4 rings (SSSR count). The van der Waals surface area contributed by atoms with Crippen molar-refractivity contribution >= 4 is 34.9 Å². The van der Waals surface area contributed by atoms with Gasteiger partial charge in [-0.1, -0.05) is 11.6 Å². The first-order valence-corrected chi connectivity index (χ1v) is 7.32. The predicted octanol–water partition coefficient (Wildman–Crippen LogP) is 4.39. The van der Waals surface area contributed by atoms with Crippen LogP contribution in [0.3, 0.4) is 0 Å². The number of ether oxygens (including phenoxy) is 3. The molecule has 0 spiro atoms. The Bertz CT molecular complexity index is 916. The molecule has 0 N–H and O–H groups in total. The maximum absolute atomic E-state index is 5.95. The molecule has 2 aromatic carbocycles. The summed E-state index contributed by atoms with van der Waals surface area (Å²) in [5.74, 6) is 2.41. The largest absolute Gasteiger partial charge is 0.493 e. The highest BCUT2D eigenvalue weighted by molar-refractivity contribution is 6.31. The van der Waals surface area contributed by atoms with Crippen LogP contribution in [-0.2, 0) is 0 Å². The van der Waals surface area contributed by atoms with Crippen LogP contribution >= 0.6 is 11.6 Å². The minimum absolute atomic E-state index is 0.199. The highest BCUT2D eigenvalue weighted by atomic mass is 35.5. The molecule has 0 saturated heterocycles. The van der Waals surface area contributed by atoms with Gasteiger partial charge in [0.05, 0.1) is 7.11 Å². The van der Waals surface area contributed by atoms with Crippen molar-refractivity contribution in [2.75, 3.05) is 13.9 Å². The number of hydrogen-bond donors (Lipinski definition) is 0. The van der Waals surface area contributed by atoms with Crippen molar-refractivity contribution in [3.05, 3.63) is 46.8 Å². The number of fused-ring (bicyclic) bond motifs is 2. The van der Waals surface area contributed by atoms with Crippen molar-refractivity contribution in [1.82, 2.24) is 4.98 Å². The van der Waals surface area contributed by atoms with Crippen molar-refractivity contribution < 1.29 is 18.6 Å². The summed E-state index contributed by atoms with van der Waals surface area (Å²) in [6.07, 6.45) is 3.65. The highest BCUT2D eigenvalue weighted by Crippen LogP contribution is 2.42. The van der Waals surface area contributed by atoms with Gasteiger partial charge in [-0.25, -0.2) is 4.98 Å². The smallest absolute Gasteiger partial charge is 0.231 e. The molecule has 0 unspecified atom stereocenters. The van der Waals surface area contributed by atoms with E-state index in [1.54, 1.807) is 31.4 Å². The Morgan fingerprint density at radius 1 is 1.17 bits per heavy atom. The molecule has 6 heteroatoms. The minimum atomic E-state index is 0.199. The molecule has 3 aromatic rings. The van der Waals surface area contributed by atoms with Crippen LogP contribution in [0.25, 0.3) is 23.3 Å².